The Morgan fingerprint density at radius 2 is 1.73 bits per heavy atom. The maximum atomic E-state index is 14.0. The highest BCUT2D eigenvalue weighted by Crippen LogP contribution is 2.39. The molecule has 0 fully saturated rings. The highest BCUT2D eigenvalue weighted by atomic mass is 32.1. The van der Waals surface area contributed by atoms with Crippen LogP contribution in [0.3, 0.4) is 0 Å². The van der Waals surface area contributed by atoms with Crippen molar-refractivity contribution >= 4 is 34.9 Å². The van der Waals surface area contributed by atoms with E-state index >= 15 is 0 Å². The predicted octanol–water partition coefficient (Wildman–Crippen LogP) is 6.40. The molecular formula is C28H32N2O2S. The molecular weight excluding hydrogens is 428 g/mol. The fraction of sp³-hybridized carbons (Fsp3) is 0.357. The first-order chi connectivity index (χ1) is 15.9. The molecule has 33 heavy (non-hydrogen) atoms. The Kier molecular flexibility index (Phi) is 6.99. The first-order valence-electron chi connectivity index (χ1n) is 11.6. The van der Waals surface area contributed by atoms with Crippen LogP contribution in [0.15, 0.2) is 54.6 Å². The SMILES string of the molecule is CC(C)c1ccc(N(Cc2ccc(N(C)C)cc2)C(=O)C2CCCc3sc(C=O)cc32)cc1. The molecule has 1 atom stereocenters. The number of carbonyl (C=O) groups excluding carboxylic acids is 2. The van der Waals surface area contributed by atoms with Gasteiger partial charge in [-0.25, -0.2) is 0 Å². The van der Waals surface area contributed by atoms with Crippen LogP contribution in [0.5, 0.6) is 0 Å². The van der Waals surface area contributed by atoms with E-state index in [4.69, 9.17) is 0 Å². The number of carbonyl (C=O) groups is 2. The molecule has 2 aromatic carbocycles. The Balaban J connectivity index is 1.68. The molecule has 1 amide bonds. The molecule has 1 aromatic heterocycles. The van der Waals surface area contributed by atoms with Crippen molar-refractivity contribution in [1.29, 1.82) is 0 Å². The lowest BCUT2D eigenvalue weighted by atomic mass is 9.86. The van der Waals surface area contributed by atoms with Crippen LogP contribution in [0, 0.1) is 0 Å². The minimum atomic E-state index is -0.204. The van der Waals surface area contributed by atoms with Crippen molar-refractivity contribution in [2.45, 2.75) is 51.5 Å². The smallest absolute Gasteiger partial charge is 0.234 e. The molecule has 0 spiro atoms. The summed E-state index contributed by atoms with van der Waals surface area (Å²) in [4.78, 5) is 31.3. The lowest BCUT2D eigenvalue weighted by Crippen LogP contribution is -2.36. The van der Waals surface area contributed by atoms with E-state index < -0.39 is 0 Å². The zero-order chi connectivity index (χ0) is 23.5. The molecule has 0 aliphatic heterocycles. The van der Waals surface area contributed by atoms with Crippen molar-refractivity contribution < 1.29 is 9.59 Å². The van der Waals surface area contributed by atoms with Gasteiger partial charge in [0.15, 0.2) is 6.29 Å². The minimum absolute atomic E-state index is 0.111. The molecule has 4 rings (SSSR count). The molecule has 4 nitrogen and oxygen atoms in total. The van der Waals surface area contributed by atoms with Crippen LogP contribution >= 0.6 is 11.3 Å². The van der Waals surface area contributed by atoms with Gasteiger partial charge in [-0.05, 0) is 72.2 Å². The molecule has 1 aliphatic carbocycles. The van der Waals surface area contributed by atoms with Gasteiger partial charge in [0.2, 0.25) is 5.91 Å². The molecule has 1 heterocycles. The maximum Gasteiger partial charge on any atom is 0.234 e. The molecule has 1 unspecified atom stereocenters. The van der Waals surface area contributed by atoms with Gasteiger partial charge in [0.1, 0.15) is 0 Å². The topological polar surface area (TPSA) is 40.6 Å². The number of nitrogens with zero attached hydrogens (tertiary/aromatic N) is 2. The van der Waals surface area contributed by atoms with Crippen LogP contribution in [0.25, 0.3) is 0 Å². The van der Waals surface area contributed by atoms with E-state index in [0.717, 1.165) is 48.1 Å². The van der Waals surface area contributed by atoms with Crippen LogP contribution in [-0.2, 0) is 17.8 Å². The highest BCUT2D eigenvalue weighted by molar-refractivity contribution is 7.13. The van der Waals surface area contributed by atoms with Crippen molar-refractivity contribution in [3.05, 3.63) is 81.0 Å². The van der Waals surface area contributed by atoms with E-state index in [1.54, 1.807) is 0 Å². The zero-order valence-corrected chi connectivity index (χ0v) is 20.7. The van der Waals surface area contributed by atoms with Gasteiger partial charge in [-0.1, -0.05) is 38.1 Å². The quantitative estimate of drug-likeness (QED) is 0.383. The number of aldehydes is 1. The highest BCUT2D eigenvalue weighted by Gasteiger charge is 2.32. The summed E-state index contributed by atoms with van der Waals surface area (Å²) in [7, 11) is 4.05. The lowest BCUT2D eigenvalue weighted by Gasteiger charge is -2.30. The summed E-state index contributed by atoms with van der Waals surface area (Å²) >= 11 is 1.53. The van der Waals surface area contributed by atoms with Crippen LogP contribution in [-0.4, -0.2) is 26.3 Å². The third kappa shape index (κ3) is 5.03. The van der Waals surface area contributed by atoms with E-state index in [1.807, 2.05) is 25.1 Å². The molecule has 5 heteroatoms. The van der Waals surface area contributed by atoms with Crippen molar-refractivity contribution in [2.24, 2.45) is 0 Å². The largest absolute Gasteiger partial charge is 0.378 e. The van der Waals surface area contributed by atoms with Gasteiger partial charge in [0.05, 0.1) is 17.3 Å². The van der Waals surface area contributed by atoms with Crippen LogP contribution < -0.4 is 9.80 Å². The van der Waals surface area contributed by atoms with Crippen molar-refractivity contribution in [3.8, 4) is 0 Å². The Bertz CT molecular complexity index is 1110. The van der Waals surface area contributed by atoms with Gasteiger partial charge >= 0.3 is 0 Å². The number of hydrogen-bond acceptors (Lipinski definition) is 4. The molecule has 172 valence electrons. The van der Waals surface area contributed by atoms with E-state index in [0.29, 0.717) is 17.3 Å². The van der Waals surface area contributed by atoms with Gasteiger partial charge in [0, 0.05) is 30.3 Å². The standard InChI is InChI=1S/C28H32N2O2S/c1-19(2)21-10-14-23(15-11-21)30(17-20-8-12-22(13-9-20)29(3)4)28(32)25-6-5-7-27-26(25)16-24(18-31)33-27/h8-16,18-19,25H,5-7,17H2,1-4H3. The van der Waals surface area contributed by atoms with Crippen molar-refractivity contribution in [2.75, 3.05) is 23.9 Å². The Morgan fingerprint density at radius 1 is 1.06 bits per heavy atom. The Morgan fingerprint density at radius 3 is 2.33 bits per heavy atom. The summed E-state index contributed by atoms with van der Waals surface area (Å²) in [5.74, 6) is 0.347. The summed E-state index contributed by atoms with van der Waals surface area (Å²) < 4.78 is 0. The fourth-order valence-electron chi connectivity index (χ4n) is 4.50. The number of benzene rings is 2. The van der Waals surface area contributed by atoms with Gasteiger partial charge < -0.3 is 9.80 Å². The summed E-state index contributed by atoms with van der Waals surface area (Å²) in [5.41, 5.74) is 5.45. The van der Waals surface area contributed by atoms with E-state index in [1.165, 1.54) is 21.8 Å². The fourth-order valence-corrected chi connectivity index (χ4v) is 5.58. The molecule has 1 aliphatic rings. The molecule has 0 saturated carbocycles. The van der Waals surface area contributed by atoms with E-state index in [2.05, 4.69) is 67.3 Å². The summed E-state index contributed by atoms with van der Waals surface area (Å²) in [6, 6.07) is 18.7. The van der Waals surface area contributed by atoms with Gasteiger partial charge in [-0.15, -0.1) is 11.3 Å². The van der Waals surface area contributed by atoms with Crippen molar-refractivity contribution in [1.82, 2.24) is 0 Å². The molecule has 0 N–H and O–H groups in total. The number of amides is 1. The summed E-state index contributed by atoms with van der Waals surface area (Å²) in [5, 5.41) is 0. The van der Waals surface area contributed by atoms with E-state index in [-0.39, 0.29) is 11.8 Å². The minimum Gasteiger partial charge on any atom is -0.378 e. The van der Waals surface area contributed by atoms with Crippen LogP contribution in [0.2, 0.25) is 0 Å². The predicted molar refractivity (Wildman–Crippen MR) is 138 cm³/mol. The third-order valence-corrected chi connectivity index (χ3v) is 7.61. The second kappa shape index (κ2) is 9.92. The number of thiophene rings is 1. The number of anilines is 2. The number of hydrogen-bond donors (Lipinski definition) is 0. The molecule has 3 aromatic rings. The lowest BCUT2D eigenvalue weighted by molar-refractivity contribution is -0.120. The van der Waals surface area contributed by atoms with Crippen molar-refractivity contribution in [3.63, 3.8) is 0 Å². The third-order valence-electron chi connectivity index (χ3n) is 6.48. The average Bonchev–Trinajstić information content (AvgIpc) is 3.26. The average molecular weight is 461 g/mol. The van der Waals surface area contributed by atoms with Gasteiger partial charge in [0.25, 0.3) is 0 Å². The number of aryl methyl sites for hydroxylation is 1. The second-order valence-electron chi connectivity index (χ2n) is 9.32. The summed E-state index contributed by atoms with van der Waals surface area (Å²) in [6.07, 6.45) is 3.65. The van der Waals surface area contributed by atoms with Gasteiger partial charge in [-0.2, -0.15) is 0 Å². The first kappa shape index (κ1) is 23.2. The number of rotatable bonds is 7. The van der Waals surface area contributed by atoms with Gasteiger partial charge in [-0.3, -0.25) is 9.59 Å². The second-order valence-corrected chi connectivity index (χ2v) is 10.5. The molecule has 0 saturated heterocycles. The van der Waals surface area contributed by atoms with Crippen LogP contribution in [0.4, 0.5) is 11.4 Å². The van der Waals surface area contributed by atoms with E-state index in [9.17, 15) is 9.59 Å². The zero-order valence-electron chi connectivity index (χ0n) is 19.9. The Hall–Kier alpha value is -2.92. The van der Waals surface area contributed by atoms with Crippen LogP contribution in [0.1, 0.15) is 69.8 Å². The monoisotopic (exact) mass is 460 g/mol. The molecule has 0 radical (unpaired) electrons. The summed E-state index contributed by atoms with van der Waals surface area (Å²) in [6.45, 7) is 4.87. The number of fused-ring (bicyclic) bond motifs is 1. The molecule has 0 bridgehead atoms. The Labute approximate surface area is 200 Å². The normalized spacial score (nSPS) is 15.2. The maximum absolute atomic E-state index is 14.0. The first-order valence-corrected chi connectivity index (χ1v) is 12.4.